The summed E-state index contributed by atoms with van der Waals surface area (Å²) in [5, 5.41) is 4.05. The maximum atomic E-state index is 7.98. The topological polar surface area (TPSA) is 20.2 Å². The van der Waals surface area contributed by atoms with Crippen molar-refractivity contribution >= 4 is 0 Å². The summed E-state index contributed by atoms with van der Waals surface area (Å²) in [7, 11) is 0. The van der Waals surface area contributed by atoms with Gasteiger partial charge in [0.15, 0.2) is 0 Å². The van der Waals surface area contributed by atoms with Gasteiger partial charge in [-0.1, -0.05) is 31.8 Å². The number of aromatic hydroxyl groups is 1. The summed E-state index contributed by atoms with van der Waals surface area (Å²) < 4.78 is 89.3. The summed E-state index contributed by atoms with van der Waals surface area (Å²) in [5.74, 6) is -4.37. The molecule has 0 unspecified atom stereocenters. The van der Waals surface area contributed by atoms with Crippen LogP contribution in [-0.4, -0.2) is 6.54 Å². The molecule has 0 fully saturated rings. The van der Waals surface area contributed by atoms with Crippen LogP contribution in [0.3, 0.4) is 0 Å². The lowest BCUT2D eigenvalue weighted by molar-refractivity contribution is 0.465. The first-order valence-electron chi connectivity index (χ1n) is 8.36. The highest BCUT2D eigenvalue weighted by Crippen LogP contribution is 2.23. The highest BCUT2D eigenvalue weighted by molar-refractivity contribution is 5.33. The molecule has 0 amide bonds. The average Bonchev–Trinajstić information content (AvgIpc) is 2.36. The molecule has 10 heavy (non-hydrogen) atoms. The van der Waals surface area contributed by atoms with Crippen LogP contribution >= 0.6 is 0 Å². The first kappa shape index (κ1) is 1.31. The summed E-state index contributed by atoms with van der Waals surface area (Å²) in [6.45, 7) is -6.91. The minimum atomic E-state index is -3.45. The number of hydrogen-bond acceptors (Lipinski definition) is 1. The Morgan fingerprint density at radius 2 is 2.50 bits per heavy atom. The van der Waals surface area contributed by atoms with E-state index in [-0.39, 0.29) is 0 Å². The third kappa shape index (κ3) is 1.29. The number of phenols is 1. The van der Waals surface area contributed by atoms with Crippen LogP contribution in [0, 0.1) is 0 Å². The Hall–Kier alpha value is -0.980. The van der Waals surface area contributed by atoms with Gasteiger partial charge in [-0.05, 0) is 17.5 Å². The summed E-state index contributed by atoms with van der Waals surface area (Å²) in [4.78, 5) is 0. The molecule has 0 saturated heterocycles. The number of rotatable bonds is 2. The zero-order chi connectivity index (χ0) is 17.7. The van der Waals surface area contributed by atoms with Crippen LogP contribution < -0.4 is 0 Å². The van der Waals surface area contributed by atoms with Crippen LogP contribution in [0.4, 0.5) is 0 Å². The Labute approximate surface area is 78.3 Å². The van der Waals surface area contributed by atoms with Crippen LogP contribution in [0.15, 0.2) is 24.2 Å². The summed E-state index contributed by atoms with van der Waals surface area (Å²) in [5.41, 5.74) is -1.09. The Bertz CT molecular complexity index is 572. The largest absolute Gasteiger partial charge is 0.508 e. The maximum absolute atomic E-state index is 7.98. The molecule has 1 rings (SSSR count). The Morgan fingerprint density at radius 3 is 3.20 bits per heavy atom. The van der Waals surface area contributed by atoms with E-state index in [1.165, 1.54) is 0 Å². The fourth-order valence-electron chi connectivity index (χ4n) is 0.477. The van der Waals surface area contributed by atoms with Crippen molar-refractivity contribution in [3.8, 4) is 5.75 Å². The van der Waals surface area contributed by atoms with Crippen molar-refractivity contribution in [1.82, 2.24) is 0 Å². The molecule has 0 aliphatic carbocycles. The van der Waals surface area contributed by atoms with Gasteiger partial charge in [0.25, 0.3) is 1.43 Å². The van der Waals surface area contributed by atoms with Crippen molar-refractivity contribution in [2.45, 2.75) is 19.6 Å². The van der Waals surface area contributed by atoms with E-state index in [0.29, 0.717) is 0 Å². The maximum Gasteiger partial charge on any atom is 0.293 e. The predicted octanol–water partition coefficient (Wildman–Crippen LogP) is 2.52. The first-order valence-corrected chi connectivity index (χ1v) is 2.45. The molecule has 0 saturated carbocycles. The summed E-state index contributed by atoms with van der Waals surface area (Å²) in [6, 6.07) is -3.69. The number of phenolic OH excluding ortho intramolecular Hbond substituents is 1. The first-order chi connectivity index (χ1) is 9.71. The Kier molecular flexibility index (Phi) is 0.359. The fraction of sp³-hybridized carbons (Fsp3) is 0.333. The van der Waals surface area contributed by atoms with Crippen molar-refractivity contribution in [2.24, 2.45) is 0 Å². The van der Waals surface area contributed by atoms with E-state index in [4.69, 9.17) is 16.5 Å². The molecule has 0 radical (unpaired) electrons. The summed E-state index contributed by atoms with van der Waals surface area (Å²) in [6.07, 6.45) is 0. The molecule has 1 aromatic rings. The lowest BCUT2D eigenvalue weighted by Gasteiger charge is -2.05. The highest BCUT2D eigenvalue weighted by atomic mass is 16.3. The van der Waals surface area contributed by atoms with E-state index in [2.05, 4.69) is 5.11 Å². The average molecular weight is 148 g/mol. The van der Waals surface area contributed by atoms with E-state index >= 15 is 0 Å². The highest BCUT2D eigenvalue weighted by Gasteiger charge is 2.01. The van der Waals surface area contributed by atoms with Crippen LogP contribution in [0.1, 0.15) is 40.2 Å². The molecular formula is C9H12O. The predicted molar refractivity (Wildman–Crippen MR) is 42.2 cm³/mol. The monoisotopic (exact) mass is 148 g/mol. The molecule has 0 aliphatic rings. The van der Waals surface area contributed by atoms with Gasteiger partial charge in [-0.25, -0.2) is 0 Å². The third-order valence-electron chi connectivity index (χ3n) is 0.903. The van der Waals surface area contributed by atoms with Crippen LogP contribution in [0.5, 0.6) is 5.75 Å². The van der Waals surface area contributed by atoms with Crippen molar-refractivity contribution < 1.29 is 20.2 Å². The lowest BCUT2D eigenvalue weighted by Crippen LogP contribution is -1.85. The minimum Gasteiger partial charge on any atom is -0.508 e. The normalized spacial score (nSPS) is 30.8. The van der Waals surface area contributed by atoms with E-state index in [1.807, 2.05) is 0 Å². The zero-order valence-corrected chi connectivity index (χ0v) is 4.91. The molecule has 0 aliphatic heterocycles. The quantitative estimate of drug-likeness (QED) is 0.683. The van der Waals surface area contributed by atoms with Gasteiger partial charge in [-0.3, -0.25) is 0 Å². The van der Waals surface area contributed by atoms with Gasteiger partial charge in [-0.2, -0.15) is 0 Å². The molecule has 0 heterocycles. The van der Waals surface area contributed by atoms with Gasteiger partial charge >= 0.3 is 0 Å². The lowest BCUT2D eigenvalue weighted by atomic mass is 10.0. The molecule has 1 aromatic carbocycles. The second-order valence-corrected chi connectivity index (χ2v) is 1.58. The molecule has 1 heteroatoms. The van der Waals surface area contributed by atoms with Gasteiger partial charge in [0.05, 0.1) is 5.48 Å². The minimum absolute atomic E-state index is 0.825. The van der Waals surface area contributed by atoms with Crippen molar-refractivity contribution in [1.29, 1.82) is 1.43 Å². The molecule has 54 valence electrons. The van der Waals surface area contributed by atoms with Gasteiger partial charge < -0.3 is 5.11 Å². The fourth-order valence-corrected chi connectivity index (χ4v) is 0.477. The number of benzene rings is 1. The van der Waals surface area contributed by atoms with Gasteiger partial charge in [0.2, 0.25) is 0 Å². The van der Waals surface area contributed by atoms with Crippen LogP contribution in [0.2, 0.25) is 0 Å². The van der Waals surface area contributed by atoms with Gasteiger partial charge in [-0.15, -0.1) is 0 Å². The molecule has 0 atom stereocenters. The van der Waals surface area contributed by atoms with Crippen LogP contribution in [-0.2, 0) is 0 Å². The van der Waals surface area contributed by atoms with Gasteiger partial charge in [0, 0.05) is 9.60 Å². The number of hydrogen-bond donors (Lipinski definition) is 1. The summed E-state index contributed by atoms with van der Waals surface area (Å²) >= 11 is 0. The molecular weight excluding hydrogens is 124 g/mol. The van der Waals surface area contributed by atoms with Crippen molar-refractivity contribution in [3.05, 3.63) is 29.7 Å². The van der Waals surface area contributed by atoms with Gasteiger partial charge in [0.1, 0.15) is 5.75 Å². The number of para-hydroxylation sites is 1. The van der Waals surface area contributed by atoms with E-state index in [9.17, 15) is 0 Å². The van der Waals surface area contributed by atoms with E-state index in [0.717, 1.165) is 0 Å². The Morgan fingerprint density at radius 1 is 1.70 bits per heavy atom. The van der Waals surface area contributed by atoms with E-state index < -0.39 is 55.1 Å². The van der Waals surface area contributed by atoms with Crippen molar-refractivity contribution in [3.63, 3.8) is 0 Å². The standard InChI is InChI=1S/C9H12O/c1-7(2)8-5-3-4-6-9(8)10/h3-7,10H,1-2H3/i1D3,2D3,3D,4D,5D,6D,7D/hD. The Balaban J connectivity index is 4.03. The SMILES string of the molecule is [2H]Oc1c([2H])c([2H])c([2H])c([2H])c1C([2H])(C([2H])([2H])[2H])C([2H])([2H])[2H]. The molecule has 0 spiro atoms. The van der Waals surface area contributed by atoms with Crippen LogP contribution in [0.25, 0.3) is 0 Å². The van der Waals surface area contributed by atoms with Crippen molar-refractivity contribution in [2.75, 3.05) is 0 Å². The second kappa shape index (κ2) is 2.74. The zero-order valence-electron chi connectivity index (χ0n) is 16.9. The molecule has 1 N–H and O–H groups in total. The molecule has 1 nitrogen and oxygen atoms in total. The molecule has 0 aromatic heterocycles. The third-order valence-corrected chi connectivity index (χ3v) is 0.903. The molecule has 0 bridgehead atoms. The second-order valence-electron chi connectivity index (χ2n) is 1.58. The van der Waals surface area contributed by atoms with E-state index in [1.54, 1.807) is 0 Å². The smallest absolute Gasteiger partial charge is 0.293 e.